The molecule has 1 heterocycles. The molecule has 0 fully saturated rings. The maximum atomic E-state index is 11.2. The highest BCUT2D eigenvalue weighted by Crippen LogP contribution is 2.14. The fourth-order valence-corrected chi connectivity index (χ4v) is 1.84. The van der Waals surface area contributed by atoms with Gasteiger partial charge in [0, 0.05) is 18.5 Å². The molecular formula is C9H17N3O2S. The van der Waals surface area contributed by atoms with Crippen molar-refractivity contribution in [1.82, 2.24) is 9.78 Å². The Labute approximate surface area is 90.2 Å². The van der Waals surface area contributed by atoms with E-state index in [0.717, 1.165) is 12.8 Å². The molecular weight excluding hydrogens is 214 g/mol. The van der Waals surface area contributed by atoms with Crippen LogP contribution in [0.4, 0.5) is 0 Å². The largest absolute Gasteiger partial charge is 0.330 e. The number of nitrogens with zero attached hydrogens (tertiary/aromatic N) is 2. The fraction of sp³-hybridized carbons (Fsp3) is 0.667. The van der Waals surface area contributed by atoms with Crippen LogP contribution < -0.4 is 5.73 Å². The Bertz CT molecular complexity index is 411. The number of nitrogens with two attached hydrogens (primary N) is 1. The SMILES string of the molecule is CC(CCCN)n1cc(S(C)(=O)=O)cn1. The summed E-state index contributed by atoms with van der Waals surface area (Å²) in [5.74, 6) is 0. The Hall–Kier alpha value is -0.880. The first kappa shape index (κ1) is 12.2. The normalized spacial score (nSPS) is 14.1. The van der Waals surface area contributed by atoms with Crippen LogP contribution in [-0.2, 0) is 9.84 Å². The highest BCUT2D eigenvalue weighted by Gasteiger charge is 2.12. The van der Waals surface area contributed by atoms with Crippen LogP contribution in [0.15, 0.2) is 17.3 Å². The van der Waals surface area contributed by atoms with Crippen molar-refractivity contribution < 1.29 is 8.42 Å². The Morgan fingerprint density at radius 3 is 2.73 bits per heavy atom. The third kappa shape index (κ3) is 3.32. The minimum atomic E-state index is -3.14. The van der Waals surface area contributed by atoms with Gasteiger partial charge in [0.1, 0.15) is 4.90 Å². The molecule has 0 bridgehead atoms. The van der Waals surface area contributed by atoms with E-state index in [1.165, 1.54) is 12.5 Å². The van der Waals surface area contributed by atoms with E-state index in [2.05, 4.69) is 5.10 Å². The molecule has 0 aromatic carbocycles. The summed E-state index contributed by atoms with van der Waals surface area (Å²) in [6.07, 6.45) is 5.94. The predicted molar refractivity (Wildman–Crippen MR) is 58.3 cm³/mol. The standard InChI is InChI=1S/C9H17N3O2S/c1-8(4-3-5-10)12-7-9(6-11-12)15(2,13)14/h6-8H,3-5,10H2,1-2H3. The minimum absolute atomic E-state index is 0.184. The molecule has 0 aliphatic heterocycles. The van der Waals surface area contributed by atoms with E-state index in [1.54, 1.807) is 10.9 Å². The van der Waals surface area contributed by atoms with Crippen molar-refractivity contribution in [2.24, 2.45) is 5.73 Å². The van der Waals surface area contributed by atoms with Gasteiger partial charge < -0.3 is 5.73 Å². The van der Waals surface area contributed by atoms with Crippen LogP contribution in [0.3, 0.4) is 0 Å². The van der Waals surface area contributed by atoms with E-state index >= 15 is 0 Å². The van der Waals surface area contributed by atoms with E-state index in [1.807, 2.05) is 6.92 Å². The van der Waals surface area contributed by atoms with Gasteiger partial charge in [-0.15, -0.1) is 0 Å². The summed E-state index contributed by atoms with van der Waals surface area (Å²) in [7, 11) is -3.14. The molecule has 1 rings (SSSR count). The van der Waals surface area contributed by atoms with Crippen LogP contribution in [0.2, 0.25) is 0 Å². The van der Waals surface area contributed by atoms with E-state index in [9.17, 15) is 8.42 Å². The van der Waals surface area contributed by atoms with Gasteiger partial charge in [-0.05, 0) is 26.3 Å². The molecule has 0 saturated heterocycles. The van der Waals surface area contributed by atoms with Gasteiger partial charge in [0.25, 0.3) is 0 Å². The van der Waals surface area contributed by atoms with E-state index in [0.29, 0.717) is 6.54 Å². The second-order valence-corrected chi connectivity index (χ2v) is 5.72. The average Bonchev–Trinajstić information content (AvgIpc) is 2.62. The Morgan fingerprint density at radius 1 is 1.60 bits per heavy atom. The Kier molecular flexibility index (Phi) is 3.87. The van der Waals surface area contributed by atoms with Crippen molar-refractivity contribution in [2.75, 3.05) is 12.8 Å². The maximum absolute atomic E-state index is 11.2. The Morgan fingerprint density at radius 2 is 2.27 bits per heavy atom. The molecule has 5 nitrogen and oxygen atoms in total. The number of sulfone groups is 1. The summed E-state index contributed by atoms with van der Waals surface area (Å²) in [5.41, 5.74) is 5.40. The predicted octanol–water partition coefficient (Wildman–Crippen LogP) is 0.587. The number of hydrogen-bond acceptors (Lipinski definition) is 4. The lowest BCUT2D eigenvalue weighted by Crippen LogP contribution is -2.08. The maximum Gasteiger partial charge on any atom is 0.178 e. The topological polar surface area (TPSA) is 78.0 Å². The van der Waals surface area contributed by atoms with Gasteiger partial charge in [-0.2, -0.15) is 5.10 Å². The molecule has 86 valence electrons. The number of rotatable bonds is 5. The molecule has 0 saturated carbocycles. The third-order valence-electron chi connectivity index (χ3n) is 2.28. The van der Waals surface area contributed by atoms with E-state index < -0.39 is 9.84 Å². The molecule has 1 aromatic rings. The van der Waals surface area contributed by atoms with Gasteiger partial charge in [-0.25, -0.2) is 8.42 Å². The van der Waals surface area contributed by atoms with E-state index in [-0.39, 0.29) is 10.9 Å². The van der Waals surface area contributed by atoms with Gasteiger partial charge in [0.15, 0.2) is 9.84 Å². The molecule has 0 radical (unpaired) electrons. The highest BCUT2D eigenvalue weighted by atomic mass is 32.2. The summed E-state index contributed by atoms with van der Waals surface area (Å²) in [4.78, 5) is 0.266. The lowest BCUT2D eigenvalue weighted by atomic mass is 10.2. The molecule has 0 amide bonds. The molecule has 0 aliphatic rings. The van der Waals surface area contributed by atoms with Gasteiger partial charge in [-0.3, -0.25) is 4.68 Å². The molecule has 0 aliphatic carbocycles. The van der Waals surface area contributed by atoms with Gasteiger partial charge >= 0.3 is 0 Å². The van der Waals surface area contributed by atoms with Crippen molar-refractivity contribution in [3.05, 3.63) is 12.4 Å². The molecule has 1 atom stereocenters. The molecule has 1 aromatic heterocycles. The van der Waals surface area contributed by atoms with Crippen LogP contribution in [-0.4, -0.2) is 31.0 Å². The molecule has 6 heteroatoms. The molecule has 0 spiro atoms. The summed E-state index contributed by atoms with van der Waals surface area (Å²) < 4.78 is 24.1. The molecule has 1 unspecified atom stereocenters. The van der Waals surface area contributed by atoms with Gasteiger partial charge in [-0.1, -0.05) is 0 Å². The quantitative estimate of drug-likeness (QED) is 0.804. The summed E-state index contributed by atoms with van der Waals surface area (Å²) in [6.45, 7) is 2.64. The van der Waals surface area contributed by atoms with Crippen molar-refractivity contribution in [3.63, 3.8) is 0 Å². The fourth-order valence-electron chi connectivity index (χ4n) is 1.30. The zero-order valence-electron chi connectivity index (χ0n) is 9.05. The molecule has 2 N–H and O–H groups in total. The van der Waals surface area contributed by atoms with Gasteiger partial charge in [0.2, 0.25) is 0 Å². The summed E-state index contributed by atoms with van der Waals surface area (Å²) >= 11 is 0. The zero-order chi connectivity index (χ0) is 11.5. The monoisotopic (exact) mass is 231 g/mol. The van der Waals surface area contributed by atoms with Crippen molar-refractivity contribution in [1.29, 1.82) is 0 Å². The van der Waals surface area contributed by atoms with Crippen LogP contribution in [0, 0.1) is 0 Å². The highest BCUT2D eigenvalue weighted by molar-refractivity contribution is 7.90. The van der Waals surface area contributed by atoms with Crippen LogP contribution in [0.1, 0.15) is 25.8 Å². The lowest BCUT2D eigenvalue weighted by molar-refractivity contribution is 0.448. The first-order chi connectivity index (χ1) is 6.95. The third-order valence-corrected chi connectivity index (χ3v) is 3.35. The van der Waals surface area contributed by atoms with Crippen LogP contribution in [0.5, 0.6) is 0 Å². The van der Waals surface area contributed by atoms with E-state index in [4.69, 9.17) is 5.73 Å². The second kappa shape index (κ2) is 4.76. The van der Waals surface area contributed by atoms with Crippen LogP contribution in [0.25, 0.3) is 0 Å². The first-order valence-corrected chi connectivity index (χ1v) is 6.78. The minimum Gasteiger partial charge on any atom is -0.330 e. The number of hydrogen-bond donors (Lipinski definition) is 1. The first-order valence-electron chi connectivity index (χ1n) is 4.89. The summed E-state index contributed by atoms with van der Waals surface area (Å²) in [6, 6.07) is 0.184. The Balaban J connectivity index is 2.76. The number of aromatic nitrogens is 2. The molecule has 15 heavy (non-hydrogen) atoms. The van der Waals surface area contributed by atoms with Gasteiger partial charge in [0.05, 0.1) is 6.20 Å². The van der Waals surface area contributed by atoms with Crippen molar-refractivity contribution in [3.8, 4) is 0 Å². The van der Waals surface area contributed by atoms with Crippen molar-refractivity contribution >= 4 is 9.84 Å². The summed E-state index contributed by atoms with van der Waals surface area (Å²) in [5, 5.41) is 4.03. The lowest BCUT2D eigenvalue weighted by Gasteiger charge is -2.10. The zero-order valence-corrected chi connectivity index (χ0v) is 9.87. The smallest absolute Gasteiger partial charge is 0.178 e. The van der Waals surface area contributed by atoms with Crippen molar-refractivity contribution in [2.45, 2.75) is 30.7 Å². The second-order valence-electron chi connectivity index (χ2n) is 3.71. The average molecular weight is 231 g/mol. The van der Waals surface area contributed by atoms with Crippen LogP contribution >= 0.6 is 0 Å².